The number of benzene rings is 3. The molecule has 0 bridgehead atoms. The van der Waals surface area contributed by atoms with Gasteiger partial charge in [0.2, 0.25) is 0 Å². The number of nitrogens with two attached hydrogens (primary N) is 1. The molecule has 0 saturated heterocycles. The Labute approximate surface area is 188 Å². The van der Waals surface area contributed by atoms with Gasteiger partial charge in [-0.1, -0.05) is 30.3 Å². The average Bonchev–Trinajstić information content (AvgIpc) is 2.82. The third kappa shape index (κ3) is 4.68. The summed E-state index contributed by atoms with van der Waals surface area (Å²) in [7, 11) is 1.58. The number of fused-ring (bicyclic) bond motifs is 1. The highest BCUT2D eigenvalue weighted by atomic mass is 16.6. The molecule has 0 aliphatic heterocycles. The Bertz CT molecular complexity index is 1380. The predicted octanol–water partition coefficient (Wildman–Crippen LogP) is 3.70. The monoisotopic (exact) mass is 446 g/mol. The van der Waals surface area contributed by atoms with E-state index in [0.717, 1.165) is 10.9 Å². The van der Waals surface area contributed by atoms with Crippen LogP contribution in [0.1, 0.15) is 11.3 Å². The molecular formula is C24H22N4O5. The van der Waals surface area contributed by atoms with E-state index in [4.69, 9.17) is 15.2 Å². The van der Waals surface area contributed by atoms with Crippen molar-refractivity contribution in [3.8, 4) is 16.9 Å². The number of nitrogens with one attached hydrogen (secondary N) is 1. The minimum absolute atomic E-state index is 0.0886. The van der Waals surface area contributed by atoms with E-state index < -0.39 is 4.92 Å². The Morgan fingerprint density at radius 3 is 2.61 bits per heavy atom. The minimum Gasteiger partial charge on any atom is -0.491 e. The second kappa shape index (κ2) is 9.49. The summed E-state index contributed by atoms with van der Waals surface area (Å²) in [5.74, 6) is 0.564. The van der Waals surface area contributed by atoms with Crippen LogP contribution in [0.25, 0.3) is 21.9 Å². The van der Waals surface area contributed by atoms with Crippen molar-refractivity contribution in [2.24, 2.45) is 0 Å². The molecule has 168 valence electrons. The number of ether oxygens (including phenoxy) is 2. The van der Waals surface area contributed by atoms with Crippen molar-refractivity contribution >= 4 is 22.1 Å². The summed E-state index contributed by atoms with van der Waals surface area (Å²) >= 11 is 0. The molecular weight excluding hydrogens is 424 g/mol. The molecule has 0 atom stereocenters. The molecule has 1 aromatic heterocycles. The molecule has 9 heteroatoms. The first-order valence-corrected chi connectivity index (χ1v) is 10.2. The van der Waals surface area contributed by atoms with Crippen LogP contribution < -0.4 is 16.0 Å². The van der Waals surface area contributed by atoms with Gasteiger partial charge < -0.3 is 15.2 Å². The summed E-state index contributed by atoms with van der Waals surface area (Å²) in [6.07, 6.45) is 0.444. The van der Waals surface area contributed by atoms with Gasteiger partial charge in [-0.25, -0.2) is 5.10 Å². The minimum atomic E-state index is -0.509. The normalized spacial score (nSPS) is 10.9. The van der Waals surface area contributed by atoms with Crippen LogP contribution in [0.15, 0.2) is 65.5 Å². The molecule has 3 aromatic carbocycles. The lowest BCUT2D eigenvalue weighted by molar-refractivity contribution is -0.383. The molecule has 0 saturated carbocycles. The van der Waals surface area contributed by atoms with E-state index in [2.05, 4.69) is 10.2 Å². The predicted molar refractivity (Wildman–Crippen MR) is 125 cm³/mol. The van der Waals surface area contributed by atoms with Gasteiger partial charge in [0.05, 0.1) is 22.6 Å². The first kappa shape index (κ1) is 22.0. The fourth-order valence-electron chi connectivity index (χ4n) is 3.64. The van der Waals surface area contributed by atoms with E-state index in [1.165, 1.54) is 12.1 Å². The standard InChI is InChI=1S/C24H22N4O5/c1-32-10-11-33-23-9-6-15(12-19(23)16-7-8-20(25)22(14-16)28(30)31)13-21-17-4-2-3-5-18(17)24(29)27-26-21/h2-9,12,14H,10-11,13,25H2,1H3,(H,27,29). The van der Waals surface area contributed by atoms with Crippen molar-refractivity contribution < 1.29 is 14.4 Å². The molecule has 0 amide bonds. The molecule has 0 unspecified atom stereocenters. The van der Waals surface area contributed by atoms with Gasteiger partial charge in [-0.05, 0) is 35.4 Å². The van der Waals surface area contributed by atoms with Gasteiger partial charge in [-0.2, -0.15) is 5.10 Å². The number of nitrogen functional groups attached to an aromatic ring is 1. The second-order valence-corrected chi connectivity index (χ2v) is 7.42. The number of anilines is 1. The molecule has 33 heavy (non-hydrogen) atoms. The number of nitro groups is 1. The second-order valence-electron chi connectivity index (χ2n) is 7.42. The van der Waals surface area contributed by atoms with Crippen LogP contribution >= 0.6 is 0 Å². The summed E-state index contributed by atoms with van der Waals surface area (Å²) in [6.45, 7) is 0.725. The van der Waals surface area contributed by atoms with Crippen LogP contribution in [0.5, 0.6) is 5.75 Å². The van der Waals surface area contributed by atoms with Crippen LogP contribution in [0.3, 0.4) is 0 Å². The van der Waals surface area contributed by atoms with E-state index in [0.29, 0.717) is 47.6 Å². The van der Waals surface area contributed by atoms with Crippen LogP contribution in [0, 0.1) is 10.1 Å². The molecule has 0 radical (unpaired) electrons. The Kier molecular flexibility index (Phi) is 6.32. The lowest BCUT2D eigenvalue weighted by Crippen LogP contribution is -2.11. The molecule has 4 aromatic rings. The van der Waals surface area contributed by atoms with Gasteiger partial charge in [0.25, 0.3) is 11.2 Å². The van der Waals surface area contributed by atoms with E-state index >= 15 is 0 Å². The largest absolute Gasteiger partial charge is 0.491 e. The number of hydrogen-bond acceptors (Lipinski definition) is 7. The maximum Gasteiger partial charge on any atom is 0.292 e. The highest BCUT2D eigenvalue weighted by Crippen LogP contribution is 2.35. The smallest absolute Gasteiger partial charge is 0.292 e. The van der Waals surface area contributed by atoms with Gasteiger partial charge in [-0.15, -0.1) is 0 Å². The molecule has 3 N–H and O–H groups in total. The molecule has 4 rings (SSSR count). The summed E-state index contributed by atoms with van der Waals surface area (Å²) < 4.78 is 10.9. The highest BCUT2D eigenvalue weighted by molar-refractivity contribution is 5.84. The number of aromatic nitrogens is 2. The number of aromatic amines is 1. The first-order valence-electron chi connectivity index (χ1n) is 10.2. The fourth-order valence-corrected chi connectivity index (χ4v) is 3.64. The molecule has 0 aliphatic rings. The summed E-state index contributed by atoms with van der Waals surface area (Å²) in [5, 5.41) is 19.5. The maximum absolute atomic E-state index is 12.1. The lowest BCUT2D eigenvalue weighted by atomic mass is 9.98. The average molecular weight is 446 g/mol. The van der Waals surface area contributed by atoms with Gasteiger partial charge >= 0.3 is 0 Å². The number of methoxy groups -OCH3 is 1. The van der Waals surface area contributed by atoms with E-state index in [-0.39, 0.29) is 16.9 Å². The van der Waals surface area contributed by atoms with Gasteiger partial charge in [0, 0.05) is 30.5 Å². The molecule has 0 fully saturated rings. The van der Waals surface area contributed by atoms with Gasteiger partial charge in [0.15, 0.2) is 0 Å². The third-order valence-electron chi connectivity index (χ3n) is 5.27. The highest BCUT2D eigenvalue weighted by Gasteiger charge is 2.16. The van der Waals surface area contributed by atoms with Crippen molar-refractivity contribution in [2.45, 2.75) is 6.42 Å². The molecule has 0 spiro atoms. The van der Waals surface area contributed by atoms with Crippen molar-refractivity contribution in [3.63, 3.8) is 0 Å². The first-order chi connectivity index (χ1) is 16.0. The van der Waals surface area contributed by atoms with E-state index in [1.54, 1.807) is 25.3 Å². The fraction of sp³-hybridized carbons (Fsp3) is 0.167. The maximum atomic E-state index is 12.1. The molecule has 9 nitrogen and oxygen atoms in total. The number of H-pyrrole nitrogens is 1. The van der Waals surface area contributed by atoms with Crippen LogP contribution in [0.2, 0.25) is 0 Å². The van der Waals surface area contributed by atoms with Crippen LogP contribution in [-0.4, -0.2) is 35.4 Å². The number of rotatable bonds is 8. The van der Waals surface area contributed by atoms with Crippen LogP contribution in [-0.2, 0) is 11.2 Å². The van der Waals surface area contributed by atoms with Crippen molar-refractivity contribution in [1.82, 2.24) is 10.2 Å². The van der Waals surface area contributed by atoms with E-state index in [9.17, 15) is 14.9 Å². The number of nitro benzene ring substituents is 1. The zero-order valence-corrected chi connectivity index (χ0v) is 17.9. The topological polar surface area (TPSA) is 133 Å². The van der Waals surface area contributed by atoms with Crippen molar-refractivity contribution in [1.29, 1.82) is 0 Å². The summed E-state index contributed by atoms with van der Waals surface area (Å²) in [4.78, 5) is 23.0. The Balaban J connectivity index is 1.78. The number of hydrogen-bond donors (Lipinski definition) is 2. The summed E-state index contributed by atoms with van der Waals surface area (Å²) in [5.41, 5.74) is 8.34. The Morgan fingerprint density at radius 2 is 1.85 bits per heavy atom. The molecule has 0 aliphatic carbocycles. The quantitative estimate of drug-likeness (QED) is 0.182. The molecule has 1 heterocycles. The zero-order chi connectivity index (χ0) is 23.4. The van der Waals surface area contributed by atoms with E-state index in [1.807, 2.05) is 30.3 Å². The Hall–Kier alpha value is -4.24. The summed E-state index contributed by atoms with van der Waals surface area (Å²) in [6, 6.07) is 17.6. The van der Waals surface area contributed by atoms with Crippen molar-refractivity contribution in [3.05, 3.63) is 92.4 Å². The zero-order valence-electron chi connectivity index (χ0n) is 17.9. The number of nitrogens with zero attached hydrogens (tertiary/aromatic N) is 2. The SMILES string of the molecule is COCCOc1ccc(Cc2n[nH]c(=O)c3ccccc23)cc1-c1ccc(N)c([N+](=O)[O-])c1. The van der Waals surface area contributed by atoms with Gasteiger partial charge in [0.1, 0.15) is 18.0 Å². The third-order valence-corrected chi connectivity index (χ3v) is 5.27. The van der Waals surface area contributed by atoms with Crippen LogP contribution in [0.4, 0.5) is 11.4 Å². The van der Waals surface area contributed by atoms with Crippen molar-refractivity contribution in [2.75, 3.05) is 26.1 Å². The van der Waals surface area contributed by atoms with Gasteiger partial charge in [-0.3, -0.25) is 14.9 Å². The lowest BCUT2D eigenvalue weighted by Gasteiger charge is -2.14. The Morgan fingerprint density at radius 1 is 1.06 bits per heavy atom.